The van der Waals surface area contributed by atoms with Gasteiger partial charge in [-0.1, -0.05) is 55.0 Å². The molecule has 5 aliphatic carbocycles. The third kappa shape index (κ3) is 6.87. The van der Waals surface area contributed by atoms with E-state index in [4.69, 9.17) is 18.3 Å². The Morgan fingerprint density at radius 3 is 2.04 bits per heavy atom. The number of hydrogen-bond donors (Lipinski definition) is 2. The minimum absolute atomic E-state index is 0.00309. The number of phosphoric ester groups is 1. The maximum absolute atomic E-state index is 13.3. The molecule has 7 unspecified atom stereocenters. The molecular formula is C41H67O10P. The molecule has 5 fully saturated rings. The van der Waals surface area contributed by atoms with Crippen molar-refractivity contribution in [2.75, 3.05) is 19.8 Å². The molecule has 5 saturated carbocycles. The summed E-state index contributed by atoms with van der Waals surface area (Å²) in [7, 11) is -3.74. The Hall–Kier alpha value is -1.74. The van der Waals surface area contributed by atoms with Crippen molar-refractivity contribution in [3.05, 3.63) is 12.2 Å². The topological polar surface area (TPSA) is 146 Å². The number of fused-ring (bicyclic) bond motifs is 7. The lowest BCUT2D eigenvalue weighted by atomic mass is 9.32. The van der Waals surface area contributed by atoms with Crippen LogP contribution in [-0.4, -0.2) is 54.0 Å². The quantitative estimate of drug-likeness (QED) is 0.1000. The van der Waals surface area contributed by atoms with Crippen molar-refractivity contribution in [3.63, 3.8) is 0 Å². The van der Waals surface area contributed by atoms with Crippen LogP contribution in [0.5, 0.6) is 0 Å². The lowest BCUT2D eigenvalue weighted by Gasteiger charge is -2.72. The van der Waals surface area contributed by atoms with Gasteiger partial charge in [0, 0.05) is 5.41 Å². The van der Waals surface area contributed by atoms with Gasteiger partial charge in [0.25, 0.3) is 0 Å². The number of carboxylic acid groups (broad SMARTS) is 2. The molecule has 0 bridgehead atoms. The molecule has 0 aromatic carbocycles. The zero-order valence-corrected chi connectivity index (χ0v) is 34.3. The van der Waals surface area contributed by atoms with Gasteiger partial charge >= 0.3 is 25.7 Å². The molecule has 0 aromatic heterocycles. The van der Waals surface area contributed by atoms with Crippen LogP contribution in [0.2, 0.25) is 0 Å². The number of esters is 1. The van der Waals surface area contributed by atoms with Gasteiger partial charge in [-0.3, -0.25) is 28.0 Å². The highest BCUT2D eigenvalue weighted by Crippen LogP contribution is 2.77. The van der Waals surface area contributed by atoms with Crippen LogP contribution in [0, 0.1) is 62.1 Å². The van der Waals surface area contributed by atoms with Gasteiger partial charge in [0.2, 0.25) is 0 Å². The van der Waals surface area contributed by atoms with Gasteiger partial charge in [0.1, 0.15) is 6.10 Å². The highest BCUT2D eigenvalue weighted by Gasteiger charge is 2.72. The van der Waals surface area contributed by atoms with Crippen LogP contribution in [0.3, 0.4) is 0 Å². The van der Waals surface area contributed by atoms with Crippen molar-refractivity contribution in [1.82, 2.24) is 0 Å². The van der Waals surface area contributed by atoms with Crippen LogP contribution in [-0.2, 0) is 37.3 Å². The molecule has 0 amide bonds. The van der Waals surface area contributed by atoms with Gasteiger partial charge in [0.15, 0.2) is 0 Å². The first-order valence-electron chi connectivity index (χ1n) is 19.9. The standard InChI is InChI=1S/C41H67O10P/c1-11-48-52(47,49-12-2)50-25-26(3)27-15-20-41(35(45)46)22-21-39(9)28(34(27)41)13-14-30-38(8)18-17-31(37(6,7)29(38)16-19-40(30,39)10)51-33(44)24-36(4,5)23-32(42)43/h27-31,34H,3,11-25H2,1-2,4-10H3,(H,42,43)(H,45,46)/t27?,28?,29?,30?,31?,34?,38-,39+,40+,41?/m0/s1. The summed E-state index contributed by atoms with van der Waals surface area (Å²) in [5, 5.41) is 20.2. The molecule has 5 rings (SSSR count). The average molecular weight is 751 g/mol. The molecule has 10 atom stereocenters. The van der Waals surface area contributed by atoms with Gasteiger partial charge in [0.05, 0.1) is 38.1 Å². The summed E-state index contributed by atoms with van der Waals surface area (Å²) in [5.41, 5.74) is -1.01. The van der Waals surface area contributed by atoms with E-state index in [1.807, 2.05) is 0 Å². The van der Waals surface area contributed by atoms with Crippen LogP contribution in [0.25, 0.3) is 0 Å². The summed E-state index contributed by atoms with van der Waals surface area (Å²) < 4.78 is 36.0. The number of carbonyl (C=O) groups is 3. The number of hydrogen-bond acceptors (Lipinski definition) is 8. The SMILES string of the molecule is C=C(COP(=O)(OCC)OCC)C1CCC2(C(=O)O)CC[C@]3(C)C(CCC4[C@@]5(C)CCC(OC(=O)CC(C)(C)CC(=O)O)C(C)(C)C5CC[C@]43C)C12. The monoisotopic (exact) mass is 750 g/mol. The van der Waals surface area contributed by atoms with Gasteiger partial charge in [-0.2, -0.15) is 0 Å². The van der Waals surface area contributed by atoms with E-state index < -0.39 is 30.6 Å². The third-order valence-electron chi connectivity index (χ3n) is 15.8. The first-order chi connectivity index (χ1) is 24.1. The summed E-state index contributed by atoms with van der Waals surface area (Å²) in [6.45, 7) is 23.9. The minimum atomic E-state index is -3.74. The summed E-state index contributed by atoms with van der Waals surface area (Å²) in [6, 6.07) is 0. The van der Waals surface area contributed by atoms with Crippen molar-refractivity contribution < 1.29 is 47.5 Å². The predicted molar refractivity (Wildman–Crippen MR) is 198 cm³/mol. The zero-order valence-electron chi connectivity index (χ0n) is 33.4. The van der Waals surface area contributed by atoms with Crippen molar-refractivity contribution in [3.8, 4) is 0 Å². The van der Waals surface area contributed by atoms with Crippen LogP contribution in [0.15, 0.2) is 12.2 Å². The second-order valence-corrected chi connectivity index (χ2v) is 20.9. The number of aliphatic carboxylic acids is 2. The first-order valence-corrected chi connectivity index (χ1v) is 21.4. The van der Waals surface area contributed by atoms with Gasteiger partial charge in [-0.25, -0.2) is 4.57 Å². The first kappa shape index (κ1) is 41.4. The summed E-state index contributed by atoms with van der Waals surface area (Å²) in [5.74, 6) is -1.09. The highest BCUT2D eigenvalue weighted by atomic mass is 31.2. The molecule has 0 saturated heterocycles. The molecule has 11 heteroatoms. The van der Waals surface area contributed by atoms with Crippen molar-refractivity contribution in [2.45, 2.75) is 145 Å². The molecule has 0 radical (unpaired) electrons. The van der Waals surface area contributed by atoms with Crippen molar-refractivity contribution in [1.29, 1.82) is 0 Å². The number of phosphoric acid groups is 1. The highest BCUT2D eigenvalue weighted by molar-refractivity contribution is 7.48. The van der Waals surface area contributed by atoms with Crippen molar-refractivity contribution >= 4 is 25.7 Å². The van der Waals surface area contributed by atoms with Crippen LogP contribution in [0.4, 0.5) is 0 Å². The normalized spacial score (nSPS) is 39.7. The summed E-state index contributed by atoms with van der Waals surface area (Å²) in [4.78, 5) is 37.9. The molecule has 0 heterocycles. The Labute approximate surface area is 312 Å². The average Bonchev–Trinajstić information content (AvgIpc) is 3.42. The van der Waals surface area contributed by atoms with E-state index in [0.29, 0.717) is 24.7 Å². The van der Waals surface area contributed by atoms with Gasteiger partial charge in [-0.05, 0) is 135 Å². The maximum atomic E-state index is 13.3. The van der Waals surface area contributed by atoms with E-state index in [-0.39, 0.29) is 84.1 Å². The number of rotatable bonds is 14. The molecule has 52 heavy (non-hydrogen) atoms. The van der Waals surface area contributed by atoms with E-state index in [1.165, 1.54) is 0 Å². The smallest absolute Gasteiger partial charge is 0.475 e. The Balaban J connectivity index is 1.38. The fraction of sp³-hybridized carbons (Fsp3) is 0.878. The fourth-order valence-corrected chi connectivity index (χ4v) is 14.5. The number of ether oxygens (including phenoxy) is 1. The Morgan fingerprint density at radius 1 is 0.788 bits per heavy atom. The van der Waals surface area contributed by atoms with E-state index in [9.17, 15) is 29.2 Å². The summed E-state index contributed by atoms with van der Waals surface area (Å²) >= 11 is 0. The Kier molecular flexibility index (Phi) is 11.5. The van der Waals surface area contributed by atoms with Crippen LogP contribution >= 0.6 is 7.82 Å². The molecule has 296 valence electrons. The lowest BCUT2D eigenvalue weighted by Crippen LogP contribution is -2.67. The maximum Gasteiger partial charge on any atom is 0.475 e. The second kappa shape index (κ2) is 14.4. The van der Waals surface area contributed by atoms with Crippen molar-refractivity contribution in [2.24, 2.45) is 62.1 Å². The van der Waals surface area contributed by atoms with Gasteiger partial charge < -0.3 is 14.9 Å². The number of carbonyl (C=O) groups excluding carboxylic acids is 1. The van der Waals surface area contributed by atoms with E-state index >= 15 is 0 Å². The molecule has 5 aliphatic rings. The number of carboxylic acids is 2. The minimum Gasteiger partial charge on any atom is -0.481 e. The predicted octanol–water partition coefficient (Wildman–Crippen LogP) is 9.71. The fourth-order valence-electron chi connectivity index (χ4n) is 13.4. The second-order valence-electron chi connectivity index (χ2n) is 19.3. The van der Waals surface area contributed by atoms with Crippen LogP contribution < -0.4 is 0 Å². The third-order valence-corrected chi connectivity index (χ3v) is 17.4. The summed E-state index contributed by atoms with van der Waals surface area (Å²) in [6.07, 6.45) is 8.38. The van der Waals surface area contributed by atoms with E-state index in [1.54, 1.807) is 27.7 Å². The Bertz CT molecular complexity index is 1450. The molecule has 2 N–H and O–H groups in total. The van der Waals surface area contributed by atoms with Gasteiger partial charge in [-0.15, -0.1) is 0 Å². The zero-order chi connectivity index (χ0) is 38.7. The molecule has 0 aromatic rings. The Morgan fingerprint density at radius 2 is 1.44 bits per heavy atom. The van der Waals surface area contributed by atoms with Crippen LogP contribution in [0.1, 0.15) is 139 Å². The molecule has 0 aliphatic heterocycles. The van der Waals surface area contributed by atoms with E-state index in [2.05, 4.69) is 41.2 Å². The molecule has 0 spiro atoms. The lowest BCUT2D eigenvalue weighted by molar-refractivity contribution is -0.250. The van der Waals surface area contributed by atoms with E-state index in [0.717, 1.165) is 56.9 Å². The molecule has 10 nitrogen and oxygen atoms in total. The molecular weight excluding hydrogens is 683 g/mol. The largest absolute Gasteiger partial charge is 0.481 e.